The van der Waals surface area contributed by atoms with E-state index >= 15 is 0 Å². The molecule has 2 rings (SSSR count). The highest BCUT2D eigenvalue weighted by Crippen LogP contribution is 2.19. The van der Waals surface area contributed by atoms with Gasteiger partial charge in [-0.3, -0.25) is 14.4 Å². The smallest absolute Gasteiger partial charge is 0.224 e. The summed E-state index contributed by atoms with van der Waals surface area (Å²) >= 11 is 0. The predicted molar refractivity (Wildman–Crippen MR) is 110 cm³/mol. The lowest BCUT2D eigenvalue weighted by atomic mass is 10.0. The Labute approximate surface area is 165 Å². The van der Waals surface area contributed by atoms with Gasteiger partial charge in [0.25, 0.3) is 0 Å². The lowest BCUT2D eigenvalue weighted by molar-refractivity contribution is -0.123. The molecule has 0 saturated carbocycles. The molecule has 0 bridgehead atoms. The monoisotopic (exact) mass is 382 g/mol. The molecule has 0 spiro atoms. The Kier molecular flexibility index (Phi) is 8.21. The van der Waals surface area contributed by atoms with Crippen LogP contribution >= 0.6 is 0 Å². The Morgan fingerprint density at radius 3 is 2.14 bits per heavy atom. The molecule has 0 fully saturated rings. The molecule has 0 atom stereocenters. The molecule has 2 amide bonds. The summed E-state index contributed by atoms with van der Waals surface area (Å²) in [6.07, 6.45) is 2.31. The van der Waals surface area contributed by atoms with Gasteiger partial charge in [0, 0.05) is 37.6 Å². The van der Waals surface area contributed by atoms with Crippen molar-refractivity contribution >= 4 is 29.0 Å². The van der Waals surface area contributed by atoms with Gasteiger partial charge in [-0.15, -0.1) is 0 Å². The maximum atomic E-state index is 12.0. The first kappa shape index (κ1) is 21.2. The van der Waals surface area contributed by atoms with Crippen molar-refractivity contribution in [3.63, 3.8) is 0 Å². The van der Waals surface area contributed by atoms with Gasteiger partial charge in [-0.2, -0.15) is 0 Å². The average molecular weight is 382 g/mol. The fourth-order valence-corrected chi connectivity index (χ4v) is 2.83. The number of methoxy groups -OCH3 is 1. The number of amides is 2. The van der Waals surface area contributed by atoms with Crippen LogP contribution in [0.4, 0.5) is 11.4 Å². The average Bonchev–Trinajstić information content (AvgIpc) is 2.68. The maximum Gasteiger partial charge on any atom is 0.224 e. The van der Waals surface area contributed by atoms with E-state index in [4.69, 9.17) is 4.74 Å². The predicted octanol–water partition coefficient (Wildman–Crippen LogP) is 3.96. The largest absolute Gasteiger partial charge is 0.496 e. The number of carbonyl (C=O) groups excluding carboxylic acids is 3. The number of ketones is 1. The SMILES string of the molecule is COc1ccccc1CCCC(=O)CCC(=O)Nc1ccc(NC(C)=O)cc1. The summed E-state index contributed by atoms with van der Waals surface area (Å²) in [6.45, 7) is 1.43. The minimum Gasteiger partial charge on any atom is -0.496 e. The number of ether oxygens (including phenoxy) is 1. The molecule has 6 heteroatoms. The minimum absolute atomic E-state index is 0.0751. The van der Waals surface area contributed by atoms with Crippen LogP contribution in [0.15, 0.2) is 48.5 Å². The molecule has 0 aliphatic rings. The number of para-hydroxylation sites is 1. The fraction of sp³-hybridized carbons (Fsp3) is 0.318. The lowest BCUT2D eigenvalue weighted by Crippen LogP contribution is -2.13. The molecule has 2 N–H and O–H groups in total. The van der Waals surface area contributed by atoms with Gasteiger partial charge in [0.15, 0.2) is 0 Å². The number of hydrogen-bond donors (Lipinski definition) is 2. The van der Waals surface area contributed by atoms with Crippen LogP contribution in [-0.2, 0) is 20.8 Å². The van der Waals surface area contributed by atoms with Crippen molar-refractivity contribution in [1.29, 1.82) is 0 Å². The summed E-state index contributed by atoms with van der Waals surface area (Å²) in [5, 5.41) is 5.41. The standard InChI is InChI=1S/C22H26N2O4/c1-16(25)23-18-10-12-19(13-11-18)24-22(27)15-14-20(26)8-5-7-17-6-3-4-9-21(17)28-2/h3-4,6,9-13H,5,7-8,14-15H2,1-2H3,(H,23,25)(H,24,27). The molecular weight excluding hydrogens is 356 g/mol. The van der Waals surface area contributed by atoms with Crippen LogP contribution in [0.1, 0.15) is 38.2 Å². The van der Waals surface area contributed by atoms with E-state index in [1.54, 1.807) is 31.4 Å². The normalized spacial score (nSPS) is 10.2. The minimum atomic E-state index is -0.203. The van der Waals surface area contributed by atoms with Crippen molar-refractivity contribution in [1.82, 2.24) is 0 Å². The number of anilines is 2. The van der Waals surface area contributed by atoms with Gasteiger partial charge in [0.05, 0.1) is 7.11 Å². The van der Waals surface area contributed by atoms with E-state index in [1.807, 2.05) is 24.3 Å². The van der Waals surface area contributed by atoms with E-state index in [9.17, 15) is 14.4 Å². The molecule has 0 aliphatic heterocycles. The van der Waals surface area contributed by atoms with Gasteiger partial charge in [0.1, 0.15) is 11.5 Å². The second kappa shape index (κ2) is 10.9. The quantitative estimate of drug-likeness (QED) is 0.651. The topological polar surface area (TPSA) is 84.5 Å². The lowest BCUT2D eigenvalue weighted by Gasteiger charge is -2.08. The molecule has 0 radical (unpaired) electrons. The van der Waals surface area contributed by atoms with Crippen LogP contribution in [0, 0.1) is 0 Å². The van der Waals surface area contributed by atoms with E-state index < -0.39 is 0 Å². The Morgan fingerprint density at radius 1 is 0.857 bits per heavy atom. The van der Waals surface area contributed by atoms with Gasteiger partial charge in [-0.1, -0.05) is 18.2 Å². The maximum absolute atomic E-state index is 12.0. The third kappa shape index (κ3) is 7.23. The van der Waals surface area contributed by atoms with Gasteiger partial charge in [0.2, 0.25) is 11.8 Å². The second-order valence-corrected chi connectivity index (χ2v) is 6.51. The molecule has 0 saturated heterocycles. The number of rotatable bonds is 10. The number of carbonyl (C=O) groups is 3. The summed E-state index contributed by atoms with van der Waals surface area (Å²) < 4.78 is 5.31. The highest BCUT2D eigenvalue weighted by molar-refractivity contribution is 5.94. The first-order valence-corrected chi connectivity index (χ1v) is 9.29. The molecule has 0 aromatic heterocycles. The molecule has 6 nitrogen and oxygen atoms in total. The van der Waals surface area contributed by atoms with Crippen molar-refractivity contribution in [3.8, 4) is 5.75 Å². The molecule has 148 valence electrons. The molecular formula is C22H26N2O4. The Hall–Kier alpha value is -3.15. The second-order valence-electron chi connectivity index (χ2n) is 6.51. The molecule has 0 heterocycles. The highest BCUT2D eigenvalue weighted by atomic mass is 16.5. The number of benzene rings is 2. The summed E-state index contributed by atoms with van der Waals surface area (Å²) in [7, 11) is 1.63. The van der Waals surface area contributed by atoms with Crippen LogP contribution in [0.5, 0.6) is 5.75 Å². The zero-order valence-electron chi connectivity index (χ0n) is 16.3. The summed E-state index contributed by atoms with van der Waals surface area (Å²) in [5.74, 6) is 0.552. The van der Waals surface area contributed by atoms with Crippen LogP contribution in [0.3, 0.4) is 0 Å². The highest BCUT2D eigenvalue weighted by Gasteiger charge is 2.09. The Morgan fingerprint density at radius 2 is 1.50 bits per heavy atom. The van der Waals surface area contributed by atoms with Crippen molar-refractivity contribution in [2.75, 3.05) is 17.7 Å². The third-order valence-corrected chi connectivity index (χ3v) is 4.21. The molecule has 0 unspecified atom stereocenters. The van der Waals surface area contributed by atoms with Crippen molar-refractivity contribution < 1.29 is 19.1 Å². The molecule has 0 aliphatic carbocycles. The van der Waals surface area contributed by atoms with E-state index in [0.29, 0.717) is 17.8 Å². The van der Waals surface area contributed by atoms with Gasteiger partial charge in [-0.05, 0) is 48.7 Å². The van der Waals surface area contributed by atoms with Crippen molar-refractivity contribution in [2.24, 2.45) is 0 Å². The van der Waals surface area contributed by atoms with Crippen LogP contribution in [-0.4, -0.2) is 24.7 Å². The van der Waals surface area contributed by atoms with Crippen LogP contribution in [0.2, 0.25) is 0 Å². The number of aryl methyl sites for hydroxylation is 1. The Balaban J connectivity index is 1.69. The van der Waals surface area contributed by atoms with Crippen LogP contribution in [0.25, 0.3) is 0 Å². The van der Waals surface area contributed by atoms with E-state index in [-0.39, 0.29) is 30.4 Å². The summed E-state index contributed by atoms with van der Waals surface area (Å²) in [6, 6.07) is 14.6. The zero-order valence-corrected chi connectivity index (χ0v) is 16.3. The number of Topliss-reactive ketones (excluding diaryl/α,β-unsaturated/α-hetero) is 1. The number of hydrogen-bond acceptors (Lipinski definition) is 4. The molecule has 28 heavy (non-hydrogen) atoms. The van der Waals surface area contributed by atoms with E-state index in [1.165, 1.54) is 6.92 Å². The summed E-state index contributed by atoms with van der Waals surface area (Å²) in [5.41, 5.74) is 2.37. The van der Waals surface area contributed by atoms with Gasteiger partial charge >= 0.3 is 0 Å². The van der Waals surface area contributed by atoms with Gasteiger partial charge < -0.3 is 15.4 Å². The zero-order chi connectivity index (χ0) is 20.4. The first-order chi connectivity index (χ1) is 13.5. The van der Waals surface area contributed by atoms with Crippen molar-refractivity contribution in [3.05, 3.63) is 54.1 Å². The van der Waals surface area contributed by atoms with Gasteiger partial charge in [-0.25, -0.2) is 0 Å². The van der Waals surface area contributed by atoms with E-state index in [2.05, 4.69) is 10.6 Å². The number of nitrogens with one attached hydrogen (secondary N) is 2. The fourth-order valence-electron chi connectivity index (χ4n) is 2.83. The summed E-state index contributed by atoms with van der Waals surface area (Å²) in [4.78, 5) is 35.0. The van der Waals surface area contributed by atoms with E-state index in [0.717, 1.165) is 24.2 Å². The van der Waals surface area contributed by atoms with Crippen LogP contribution < -0.4 is 15.4 Å². The Bertz CT molecular complexity index is 816. The first-order valence-electron chi connectivity index (χ1n) is 9.29. The van der Waals surface area contributed by atoms with Crippen molar-refractivity contribution in [2.45, 2.75) is 39.0 Å². The third-order valence-electron chi connectivity index (χ3n) is 4.21. The molecule has 2 aromatic carbocycles. The molecule has 2 aromatic rings.